The summed E-state index contributed by atoms with van der Waals surface area (Å²) in [7, 11) is 0. The molecule has 0 saturated carbocycles. The van der Waals surface area contributed by atoms with Crippen LogP contribution in [0.3, 0.4) is 0 Å². The minimum Gasteiger partial charge on any atom is -0.371 e. The summed E-state index contributed by atoms with van der Waals surface area (Å²) in [6.45, 7) is 3.75. The van der Waals surface area contributed by atoms with Crippen LogP contribution in [0.2, 0.25) is 4.34 Å². The number of carbonyl (C=O) groups is 2. The Hall–Kier alpha value is -2.90. The average molecular weight is 535 g/mol. The van der Waals surface area contributed by atoms with Gasteiger partial charge in [0.25, 0.3) is 11.8 Å². The van der Waals surface area contributed by atoms with E-state index in [1.54, 1.807) is 12.1 Å². The molecule has 192 valence electrons. The number of pyridine rings is 1. The third kappa shape index (κ3) is 4.99. The van der Waals surface area contributed by atoms with Crippen molar-refractivity contribution in [2.75, 3.05) is 31.1 Å². The molecule has 3 aromatic rings. The van der Waals surface area contributed by atoms with Gasteiger partial charge in [0.05, 0.1) is 15.3 Å². The van der Waals surface area contributed by atoms with Crippen LogP contribution in [0.15, 0.2) is 54.9 Å². The first-order chi connectivity index (χ1) is 18.0. The lowest BCUT2D eigenvalue weighted by atomic mass is 9.71. The molecule has 0 bridgehead atoms. The molecule has 0 radical (unpaired) electrons. The number of hydrogen-bond acceptors (Lipinski definition) is 5. The third-order valence-corrected chi connectivity index (χ3v) is 9.77. The SMILES string of the molecule is O=C(NC1CCc2ccc(C(=O)N3CCC4(CC3)CCN(c3ccncc3)CC4)cc21)c1ccc(Cl)s1. The molecule has 3 aliphatic rings. The number of carbonyl (C=O) groups excluding carboxylic acids is 2. The Kier molecular flexibility index (Phi) is 6.67. The summed E-state index contributed by atoms with van der Waals surface area (Å²) in [6, 6.07) is 13.6. The van der Waals surface area contributed by atoms with E-state index in [9.17, 15) is 9.59 Å². The Labute approximate surface area is 226 Å². The van der Waals surface area contributed by atoms with Crippen molar-refractivity contribution in [3.63, 3.8) is 0 Å². The summed E-state index contributed by atoms with van der Waals surface area (Å²) in [4.78, 5) is 35.4. The van der Waals surface area contributed by atoms with Gasteiger partial charge in [0.2, 0.25) is 0 Å². The van der Waals surface area contributed by atoms with Gasteiger partial charge in [0.1, 0.15) is 0 Å². The Morgan fingerprint density at radius 1 is 0.973 bits per heavy atom. The van der Waals surface area contributed by atoms with Gasteiger partial charge in [-0.2, -0.15) is 0 Å². The zero-order valence-corrected chi connectivity index (χ0v) is 22.4. The van der Waals surface area contributed by atoms with E-state index in [1.807, 2.05) is 29.4 Å². The number of halogens is 1. The van der Waals surface area contributed by atoms with Crippen LogP contribution in [-0.2, 0) is 6.42 Å². The zero-order valence-electron chi connectivity index (χ0n) is 20.8. The quantitative estimate of drug-likeness (QED) is 0.464. The lowest BCUT2D eigenvalue weighted by molar-refractivity contribution is 0.0515. The molecule has 2 fully saturated rings. The Balaban J connectivity index is 1.07. The van der Waals surface area contributed by atoms with Gasteiger partial charge in [-0.3, -0.25) is 14.6 Å². The van der Waals surface area contributed by atoms with Crippen LogP contribution >= 0.6 is 22.9 Å². The first-order valence-corrected chi connectivity index (χ1v) is 14.3. The van der Waals surface area contributed by atoms with Gasteiger partial charge in [-0.05, 0) is 91.5 Å². The topological polar surface area (TPSA) is 65.5 Å². The molecule has 1 atom stereocenters. The number of benzene rings is 1. The van der Waals surface area contributed by atoms with Gasteiger partial charge in [-0.15, -0.1) is 11.3 Å². The summed E-state index contributed by atoms with van der Waals surface area (Å²) >= 11 is 7.29. The molecule has 6 rings (SSSR count). The fraction of sp³-hybridized carbons (Fsp3) is 0.414. The summed E-state index contributed by atoms with van der Waals surface area (Å²) in [5.41, 5.74) is 4.60. The van der Waals surface area contributed by atoms with Crippen molar-refractivity contribution >= 4 is 40.4 Å². The molecule has 6 nitrogen and oxygen atoms in total. The van der Waals surface area contributed by atoms with Crippen molar-refractivity contribution in [2.45, 2.75) is 44.6 Å². The molecule has 1 aliphatic carbocycles. The smallest absolute Gasteiger partial charge is 0.261 e. The Morgan fingerprint density at radius 2 is 1.70 bits per heavy atom. The van der Waals surface area contributed by atoms with Gasteiger partial charge < -0.3 is 15.1 Å². The molecule has 2 aliphatic heterocycles. The van der Waals surface area contributed by atoms with Crippen LogP contribution in [0, 0.1) is 5.41 Å². The fourth-order valence-corrected chi connectivity index (χ4v) is 7.16. The highest BCUT2D eigenvalue weighted by Crippen LogP contribution is 2.42. The molecule has 1 N–H and O–H groups in total. The summed E-state index contributed by atoms with van der Waals surface area (Å²) in [6.07, 6.45) is 9.95. The number of anilines is 1. The van der Waals surface area contributed by atoms with E-state index in [4.69, 9.17) is 11.6 Å². The highest BCUT2D eigenvalue weighted by Gasteiger charge is 2.39. The van der Waals surface area contributed by atoms with Gasteiger partial charge in [0, 0.05) is 49.8 Å². The maximum Gasteiger partial charge on any atom is 0.261 e. The zero-order chi connectivity index (χ0) is 25.4. The molecular weight excluding hydrogens is 504 g/mol. The van der Waals surface area contributed by atoms with Crippen molar-refractivity contribution in [1.82, 2.24) is 15.2 Å². The number of piperidine rings is 2. The highest BCUT2D eigenvalue weighted by atomic mass is 35.5. The van der Waals surface area contributed by atoms with Crippen LogP contribution in [-0.4, -0.2) is 47.9 Å². The number of amides is 2. The van der Waals surface area contributed by atoms with E-state index in [-0.39, 0.29) is 17.9 Å². The molecule has 2 amide bonds. The lowest BCUT2D eigenvalue weighted by Gasteiger charge is -2.47. The first-order valence-electron chi connectivity index (χ1n) is 13.1. The number of likely N-dealkylation sites (tertiary alicyclic amines) is 1. The Morgan fingerprint density at radius 3 is 2.41 bits per heavy atom. The second-order valence-corrected chi connectivity index (χ2v) is 12.3. The molecular formula is C29H31ClN4O2S. The number of nitrogens with zero attached hydrogens (tertiary/aromatic N) is 3. The second-order valence-electron chi connectivity index (χ2n) is 10.6. The predicted octanol–water partition coefficient (Wildman–Crippen LogP) is 5.74. The van der Waals surface area contributed by atoms with Gasteiger partial charge in [-0.1, -0.05) is 17.7 Å². The normalized spacial score (nSPS) is 20.6. The van der Waals surface area contributed by atoms with Crippen LogP contribution in [0.1, 0.15) is 69.3 Å². The fourth-order valence-electron chi connectivity index (χ4n) is 6.21. The number of aromatic nitrogens is 1. The van der Waals surface area contributed by atoms with Crippen molar-refractivity contribution in [1.29, 1.82) is 0 Å². The standard InChI is InChI=1S/C29H31ClN4O2S/c30-26-6-5-25(37-26)27(35)32-24-4-3-20-1-2-21(19-23(20)24)28(36)34-17-11-29(12-18-34)9-15-33(16-10-29)22-7-13-31-14-8-22/h1-2,5-8,13-14,19,24H,3-4,9-12,15-18H2,(H,32,35). The molecule has 37 heavy (non-hydrogen) atoms. The molecule has 1 unspecified atom stereocenters. The van der Waals surface area contributed by atoms with Crippen molar-refractivity contribution < 1.29 is 9.59 Å². The maximum atomic E-state index is 13.5. The van der Waals surface area contributed by atoms with Crippen LogP contribution in [0.25, 0.3) is 0 Å². The van der Waals surface area contributed by atoms with Gasteiger partial charge in [0.15, 0.2) is 0 Å². The number of hydrogen-bond donors (Lipinski definition) is 1. The molecule has 2 saturated heterocycles. The number of nitrogens with one attached hydrogen (secondary N) is 1. The van der Waals surface area contributed by atoms with Crippen LogP contribution in [0.4, 0.5) is 5.69 Å². The molecule has 2 aromatic heterocycles. The van der Waals surface area contributed by atoms with E-state index in [0.717, 1.165) is 63.0 Å². The summed E-state index contributed by atoms with van der Waals surface area (Å²) < 4.78 is 0.604. The van der Waals surface area contributed by atoms with Crippen molar-refractivity contribution in [3.8, 4) is 0 Å². The number of thiophene rings is 1. The molecule has 4 heterocycles. The molecule has 8 heteroatoms. The Bertz CT molecular complexity index is 1290. The number of fused-ring (bicyclic) bond motifs is 1. The number of aryl methyl sites for hydroxylation is 1. The minimum atomic E-state index is -0.109. The van der Waals surface area contributed by atoms with Crippen LogP contribution in [0.5, 0.6) is 0 Å². The van der Waals surface area contributed by atoms with E-state index in [1.165, 1.54) is 35.4 Å². The monoisotopic (exact) mass is 534 g/mol. The molecule has 1 spiro atoms. The summed E-state index contributed by atoms with van der Waals surface area (Å²) in [5.74, 6) is -0.00308. The van der Waals surface area contributed by atoms with Gasteiger partial charge in [-0.25, -0.2) is 0 Å². The van der Waals surface area contributed by atoms with E-state index in [2.05, 4.69) is 33.4 Å². The molecule has 1 aromatic carbocycles. The number of rotatable bonds is 4. The average Bonchev–Trinajstić information content (AvgIpc) is 3.55. The van der Waals surface area contributed by atoms with Crippen LogP contribution < -0.4 is 10.2 Å². The van der Waals surface area contributed by atoms with Gasteiger partial charge >= 0.3 is 0 Å². The predicted molar refractivity (Wildman–Crippen MR) is 148 cm³/mol. The second kappa shape index (κ2) is 10.1. The minimum absolute atomic E-state index is 0.0775. The van der Waals surface area contributed by atoms with E-state index < -0.39 is 0 Å². The van der Waals surface area contributed by atoms with Crippen molar-refractivity contribution in [2.24, 2.45) is 5.41 Å². The van der Waals surface area contributed by atoms with E-state index in [0.29, 0.717) is 14.6 Å². The maximum absolute atomic E-state index is 13.5. The first kappa shape index (κ1) is 24.4. The summed E-state index contributed by atoms with van der Waals surface area (Å²) in [5, 5.41) is 3.15. The lowest BCUT2D eigenvalue weighted by Crippen LogP contribution is -2.48. The van der Waals surface area contributed by atoms with E-state index >= 15 is 0 Å². The largest absolute Gasteiger partial charge is 0.371 e. The highest BCUT2D eigenvalue weighted by molar-refractivity contribution is 7.18. The van der Waals surface area contributed by atoms with Crippen molar-refractivity contribution in [3.05, 3.63) is 80.8 Å². The third-order valence-electron chi connectivity index (χ3n) is 8.54.